The highest BCUT2D eigenvalue weighted by molar-refractivity contribution is 5.71. The second-order valence-corrected chi connectivity index (χ2v) is 2.70. The first-order valence-corrected chi connectivity index (χ1v) is 4.01. The minimum Gasteiger partial charge on any atom is -0.462 e. The molecule has 0 unspecified atom stereocenters. The zero-order chi connectivity index (χ0) is 10.3. The van der Waals surface area contributed by atoms with Crippen molar-refractivity contribution in [2.45, 2.75) is 13.8 Å². The maximum Gasteiger partial charge on any atom is 0.331 e. The van der Waals surface area contributed by atoms with Crippen LogP contribution >= 0.6 is 0 Å². The summed E-state index contributed by atoms with van der Waals surface area (Å²) in [6.07, 6.45) is 0. The normalized spacial score (nSPS) is 9.85. The Kier molecular flexibility index (Phi) is 5.88. The molecule has 0 heterocycles. The second kappa shape index (κ2) is 6.42. The number of aliphatic hydroxyl groups is 1. The number of carbonyl (C=O) groups excluding carboxylic acids is 2. The summed E-state index contributed by atoms with van der Waals surface area (Å²) in [6, 6.07) is 0. The number of carbonyl (C=O) groups is 2. The fourth-order valence-corrected chi connectivity index (χ4v) is 0.510. The fourth-order valence-electron chi connectivity index (χ4n) is 0.510. The molecule has 5 heteroatoms. The molecule has 13 heavy (non-hydrogen) atoms. The Morgan fingerprint density at radius 3 is 2.23 bits per heavy atom. The van der Waals surface area contributed by atoms with Gasteiger partial charge in [-0.1, -0.05) is 13.8 Å². The van der Waals surface area contributed by atoms with Crippen LogP contribution in [0.5, 0.6) is 0 Å². The summed E-state index contributed by atoms with van der Waals surface area (Å²) in [4.78, 5) is 21.2. The molecule has 0 aliphatic heterocycles. The molecule has 0 rings (SSSR count). The van der Waals surface area contributed by atoms with Gasteiger partial charge >= 0.3 is 11.9 Å². The van der Waals surface area contributed by atoms with Crippen LogP contribution in [0.4, 0.5) is 0 Å². The Morgan fingerprint density at radius 2 is 1.77 bits per heavy atom. The third-order valence-electron chi connectivity index (χ3n) is 1.19. The molecule has 0 fully saturated rings. The highest BCUT2D eigenvalue weighted by Gasteiger charge is 2.07. The highest BCUT2D eigenvalue weighted by Crippen LogP contribution is 1.95. The quantitative estimate of drug-likeness (QED) is 0.477. The van der Waals surface area contributed by atoms with E-state index in [0.29, 0.717) is 0 Å². The molecule has 0 aromatic rings. The van der Waals surface area contributed by atoms with Crippen LogP contribution in [0.2, 0.25) is 0 Å². The second-order valence-electron chi connectivity index (χ2n) is 2.70. The molecule has 5 nitrogen and oxygen atoms in total. The van der Waals surface area contributed by atoms with Gasteiger partial charge in [-0.25, -0.2) is 4.79 Å². The lowest BCUT2D eigenvalue weighted by Gasteiger charge is -2.06. The zero-order valence-electron chi connectivity index (χ0n) is 7.78. The van der Waals surface area contributed by atoms with Crippen LogP contribution < -0.4 is 0 Å². The van der Waals surface area contributed by atoms with E-state index in [2.05, 4.69) is 4.74 Å². The Bertz CT molecular complexity index is 175. The van der Waals surface area contributed by atoms with E-state index >= 15 is 0 Å². The molecule has 76 valence electrons. The van der Waals surface area contributed by atoms with Crippen molar-refractivity contribution in [3.63, 3.8) is 0 Å². The summed E-state index contributed by atoms with van der Waals surface area (Å²) >= 11 is 0. The summed E-state index contributed by atoms with van der Waals surface area (Å²) in [5, 5.41) is 8.25. The van der Waals surface area contributed by atoms with E-state index in [1.54, 1.807) is 13.8 Å². The van der Waals surface area contributed by atoms with Crippen molar-refractivity contribution in [2.75, 3.05) is 19.8 Å². The van der Waals surface area contributed by atoms with Crippen LogP contribution in [-0.2, 0) is 19.1 Å². The average molecular weight is 190 g/mol. The SMILES string of the molecule is CC(C)C(=O)OCCOC(=O)CO. The number of rotatable bonds is 5. The molecule has 0 aromatic carbocycles. The van der Waals surface area contributed by atoms with Crippen LogP contribution in [0.25, 0.3) is 0 Å². The van der Waals surface area contributed by atoms with Crippen LogP contribution in [0.1, 0.15) is 13.8 Å². The molecule has 0 amide bonds. The zero-order valence-corrected chi connectivity index (χ0v) is 7.78. The van der Waals surface area contributed by atoms with Gasteiger partial charge in [0.15, 0.2) is 0 Å². The summed E-state index contributed by atoms with van der Waals surface area (Å²) < 4.78 is 9.16. The average Bonchev–Trinajstić information content (AvgIpc) is 2.11. The summed E-state index contributed by atoms with van der Waals surface area (Å²) in [5.74, 6) is -1.24. The van der Waals surface area contributed by atoms with Crippen LogP contribution in [0, 0.1) is 5.92 Å². The maximum absolute atomic E-state index is 10.8. The Morgan fingerprint density at radius 1 is 1.23 bits per heavy atom. The van der Waals surface area contributed by atoms with Gasteiger partial charge in [-0.3, -0.25) is 4.79 Å². The standard InChI is InChI=1S/C8H14O5/c1-6(2)8(11)13-4-3-12-7(10)5-9/h6,9H,3-5H2,1-2H3. The van der Waals surface area contributed by atoms with E-state index in [-0.39, 0.29) is 25.1 Å². The van der Waals surface area contributed by atoms with Gasteiger partial charge < -0.3 is 14.6 Å². The van der Waals surface area contributed by atoms with E-state index < -0.39 is 12.6 Å². The van der Waals surface area contributed by atoms with Gasteiger partial charge in [0.1, 0.15) is 19.8 Å². The Labute approximate surface area is 76.6 Å². The van der Waals surface area contributed by atoms with E-state index in [9.17, 15) is 9.59 Å². The Balaban J connectivity index is 3.36. The molecule has 0 bridgehead atoms. The van der Waals surface area contributed by atoms with Crippen molar-refractivity contribution in [3.8, 4) is 0 Å². The molecule has 0 saturated heterocycles. The predicted octanol–water partition coefficient (Wildman–Crippen LogP) is -0.279. The summed E-state index contributed by atoms with van der Waals surface area (Å²) in [7, 11) is 0. The molecule has 0 saturated carbocycles. The van der Waals surface area contributed by atoms with E-state index in [1.807, 2.05) is 0 Å². The molecule has 0 aliphatic carbocycles. The maximum atomic E-state index is 10.8. The van der Waals surface area contributed by atoms with Crippen molar-refractivity contribution < 1.29 is 24.2 Å². The lowest BCUT2D eigenvalue weighted by Crippen LogP contribution is -2.18. The number of hydrogen-bond acceptors (Lipinski definition) is 5. The topological polar surface area (TPSA) is 72.8 Å². The number of aliphatic hydroxyl groups excluding tert-OH is 1. The van der Waals surface area contributed by atoms with Crippen LogP contribution in [-0.4, -0.2) is 36.9 Å². The van der Waals surface area contributed by atoms with E-state index in [1.165, 1.54) is 0 Å². The molecule has 0 spiro atoms. The van der Waals surface area contributed by atoms with Gasteiger partial charge in [0.2, 0.25) is 0 Å². The van der Waals surface area contributed by atoms with E-state index in [4.69, 9.17) is 9.84 Å². The first-order chi connectivity index (χ1) is 6.07. The van der Waals surface area contributed by atoms with Gasteiger partial charge in [0.05, 0.1) is 5.92 Å². The first kappa shape index (κ1) is 11.9. The number of esters is 2. The van der Waals surface area contributed by atoms with Gasteiger partial charge in [-0.15, -0.1) is 0 Å². The number of hydrogen-bond donors (Lipinski definition) is 1. The largest absolute Gasteiger partial charge is 0.462 e. The molecule has 0 aromatic heterocycles. The molecule has 0 atom stereocenters. The van der Waals surface area contributed by atoms with Crippen LogP contribution in [0.3, 0.4) is 0 Å². The third kappa shape index (κ3) is 6.10. The molecule has 0 aliphatic rings. The molecule has 1 N–H and O–H groups in total. The lowest BCUT2D eigenvalue weighted by atomic mass is 10.2. The van der Waals surface area contributed by atoms with Gasteiger partial charge in [-0.05, 0) is 0 Å². The van der Waals surface area contributed by atoms with Crippen molar-refractivity contribution in [1.82, 2.24) is 0 Å². The lowest BCUT2D eigenvalue weighted by molar-refractivity contribution is -0.155. The predicted molar refractivity (Wildman–Crippen MR) is 43.8 cm³/mol. The molecular weight excluding hydrogens is 176 g/mol. The number of ether oxygens (including phenoxy) is 2. The van der Waals surface area contributed by atoms with Crippen molar-refractivity contribution in [2.24, 2.45) is 5.92 Å². The summed E-state index contributed by atoms with van der Waals surface area (Å²) in [5.41, 5.74) is 0. The van der Waals surface area contributed by atoms with Gasteiger partial charge in [0, 0.05) is 0 Å². The van der Waals surface area contributed by atoms with E-state index in [0.717, 1.165) is 0 Å². The minimum absolute atomic E-state index is 0.0160. The fraction of sp³-hybridized carbons (Fsp3) is 0.750. The van der Waals surface area contributed by atoms with Crippen molar-refractivity contribution >= 4 is 11.9 Å². The smallest absolute Gasteiger partial charge is 0.331 e. The minimum atomic E-state index is -0.722. The molecular formula is C8H14O5. The highest BCUT2D eigenvalue weighted by atomic mass is 16.6. The molecule has 0 radical (unpaired) electrons. The monoisotopic (exact) mass is 190 g/mol. The van der Waals surface area contributed by atoms with Gasteiger partial charge in [0.25, 0.3) is 0 Å². The summed E-state index contributed by atoms with van der Waals surface area (Å²) in [6.45, 7) is 2.78. The third-order valence-corrected chi connectivity index (χ3v) is 1.19. The van der Waals surface area contributed by atoms with Crippen molar-refractivity contribution in [3.05, 3.63) is 0 Å². The first-order valence-electron chi connectivity index (χ1n) is 4.01. The Hall–Kier alpha value is -1.10. The van der Waals surface area contributed by atoms with Crippen LogP contribution in [0.15, 0.2) is 0 Å². The van der Waals surface area contributed by atoms with Crippen molar-refractivity contribution in [1.29, 1.82) is 0 Å². The van der Waals surface area contributed by atoms with Gasteiger partial charge in [-0.2, -0.15) is 0 Å².